The highest BCUT2D eigenvalue weighted by atomic mass is 15.3. The second-order valence-electron chi connectivity index (χ2n) is 5.70. The number of unbranched alkanes of at least 4 members (excludes halogenated alkanes) is 1. The Morgan fingerprint density at radius 3 is 2.37 bits per heavy atom. The standard InChI is InChI=1S/C16H31N3/c1-7-9-10-14(8-2)11-15(17-5)16-12(3)18-19(6)13(16)4/h14-15,17H,7-11H2,1-6H3. The van der Waals surface area contributed by atoms with Crippen LogP contribution in [0, 0.1) is 19.8 Å². The maximum absolute atomic E-state index is 4.55. The highest BCUT2D eigenvalue weighted by molar-refractivity contribution is 5.28. The molecule has 0 saturated heterocycles. The van der Waals surface area contributed by atoms with Gasteiger partial charge in [-0.3, -0.25) is 4.68 Å². The molecule has 0 bridgehead atoms. The molecule has 0 saturated carbocycles. The van der Waals surface area contributed by atoms with Crippen LogP contribution in [-0.2, 0) is 7.05 Å². The molecule has 1 N–H and O–H groups in total. The molecule has 3 nitrogen and oxygen atoms in total. The van der Waals surface area contributed by atoms with E-state index in [1.54, 1.807) is 0 Å². The van der Waals surface area contributed by atoms with Gasteiger partial charge < -0.3 is 5.32 Å². The first kappa shape index (κ1) is 16.2. The third-order valence-corrected chi connectivity index (χ3v) is 4.37. The summed E-state index contributed by atoms with van der Waals surface area (Å²) in [6.45, 7) is 8.89. The smallest absolute Gasteiger partial charge is 0.0644 e. The SMILES string of the molecule is CCCCC(CC)CC(NC)c1c(C)nn(C)c1C. The highest BCUT2D eigenvalue weighted by Gasteiger charge is 2.21. The second kappa shape index (κ2) is 7.68. The van der Waals surface area contributed by atoms with Crippen LogP contribution in [0.3, 0.4) is 0 Å². The van der Waals surface area contributed by atoms with Gasteiger partial charge >= 0.3 is 0 Å². The third kappa shape index (κ3) is 4.07. The van der Waals surface area contributed by atoms with Gasteiger partial charge in [0.25, 0.3) is 0 Å². The van der Waals surface area contributed by atoms with Gasteiger partial charge in [0, 0.05) is 24.3 Å². The van der Waals surface area contributed by atoms with Crippen LogP contribution in [0.4, 0.5) is 0 Å². The van der Waals surface area contributed by atoms with E-state index in [-0.39, 0.29) is 0 Å². The Balaban J connectivity index is 2.82. The van der Waals surface area contributed by atoms with Crippen LogP contribution in [0.2, 0.25) is 0 Å². The zero-order valence-electron chi connectivity index (χ0n) is 13.6. The zero-order valence-corrected chi connectivity index (χ0v) is 13.6. The van der Waals surface area contributed by atoms with Crippen LogP contribution in [0.5, 0.6) is 0 Å². The number of hydrogen-bond acceptors (Lipinski definition) is 2. The Hall–Kier alpha value is -0.830. The lowest BCUT2D eigenvalue weighted by Gasteiger charge is -2.23. The van der Waals surface area contributed by atoms with E-state index in [0.29, 0.717) is 6.04 Å². The average Bonchev–Trinajstić information content (AvgIpc) is 2.65. The lowest BCUT2D eigenvalue weighted by Crippen LogP contribution is -2.21. The van der Waals surface area contributed by atoms with Crippen molar-refractivity contribution in [3.63, 3.8) is 0 Å². The van der Waals surface area contributed by atoms with E-state index in [1.165, 1.54) is 49.1 Å². The van der Waals surface area contributed by atoms with Crippen LogP contribution < -0.4 is 5.32 Å². The molecule has 0 spiro atoms. The van der Waals surface area contributed by atoms with Crippen molar-refractivity contribution < 1.29 is 0 Å². The Morgan fingerprint density at radius 2 is 1.95 bits per heavy atom. The number of rotatable bonds is 8. The van der Waals surface area contributed by atoms with Gasteiger partial charge in [0.15, 0.2) is 0 Å². The monoisotopic (exact) mass is 265 g/mol. The Morgan fingerprint density at radius 1 is 1.26 bits per heavy atom. The van der Waals surface area contributed by atoms with Crippen molar-refractivity contribution in [3.05, 3.63) is 17.0 Å². The molecule has 1 aromatic rings. The van der Waals surface area contributed by atoms with Crippen molar-refractivity contribution in [2.75, 3.05) is 7.05 Å². The van der Waals surface area contributed by atoms with Crippen molar-refractivity contribution in [1.82, 2.24) is 15.1 Å². The van der Waals surface area contributed by atoms with E-state index >= 15 is 0 Å². The molecule has 0 radical (unpaired) electrons. The molecule has 2 atom stereocenters. The highest BCUT2D eigenvalue weighted by Crippen LogP contribution is 2.29. The molecule has 3 heteroatoms. The Bertz CT molecular complexity index is 382. The van der Waals surface area contributed by atoms with E-state index in [9.17, 15) is 0 Å². The molecule has 0 aliphatic carbocycles. The topological polar surface area (TPSA) is 29.9 Å². The summed E-state index contributed by atoms with van der Waals surface area (Å²) in [5, 5.41) is 8.05. The Labute approximate surface area is 118 Å². The van der Waals surface area contributed by atoms with E-state index in [0.717, 1.165) is 5.92 Å². The lowest BCUT2D eigenvalue weighted by molar-refractivity contribution is 0.363. The van der Waals surface area contributed by atoms with Crippen molar-refractivity contribution in [2.24, 2.45) is 13.0 Å². The zero-order chi connectivity index (χ0) is 14.4. The summed E-state index contributed by atoms with van der Waals surface area (Å²) >= 11 is 0. The summed E-state index contributed by atoms with van der Waals surface area (Å²) in [6.07, 6.45) is 6.49. The molecule has 0 amide bonds. The molecule has 0 aliphatic heterocycles. The summed E-state index contributed by atoms with van der Waals surface area (Å²) in [6, 6.07) is 0.440. The minimum absolute atomic E-state index is 0.440. The number of aryl methyl sites for hydroxylation is 2. The van der Waals surface area contributed by atoms with E-state index in [2.05, 4.69) is 45.2 Å². The fourth-order valence-electron chi connectivity index (χ4n) is 2.99. The van der Waals surface area contributed by atoms with Crippen LogP contribution in [0.15, 0.2) is 0 Å². The van der Waals surface area contributed by atoms with Gasteiger partial charge in [0.05, 0.1) is 5.69 Å². The van der Waals surface area contributed by atoms with Crippen LogP contribution in [-0.4, -0.2) is 16.8 Å². The number of aromatic nitrogens is 2. The minimum atomic E-state index is 0.440. The normalized spacial score (nSPS) is 14.6. The van der Waals surface area contributed by atoms with Crippen molar-refractivity contribution in [2.45, 2.75) is 65.8 Å². The first-order chi connectivity index (χ1) is 9.04. The molecule has 0 aromatic carbocycles. The van der Waals surface area contributed by atoms with Crippen molar-refractivity contribution in [1.29, 1.82) is 0 Å². The van der Waals surface area contributed by atoms with Crippen molar-refractivity contribution in [3.8, 4) is 0 Å². The summed E-state index contributed by atoms with van der Waals surface area (Å²) in [5.74, 6) is 0.816. The van der Waals surface area contributed by atoms with Crippen LogP contribution >= 0.6 is 0 Å². The molecule has 19 heavy (non-hydrogen) atoms. The van der Waals surface area contributed by atoms with E-state index < -0.39 is 0 Å². The second-order valence-corrected chi connectivity index (χ2v) is 5.70. The summed E-state index contributed by atoms with van der Waals surface area (Å²) in [7, 11) is 4.11. The molecular formula is C16H31N3. The van der Waals surface area contributed by atoms with E-state index in [4.69, 9.17) is 0 Å². The lowest BCUT2D eigenvalue weighted by atomic mass is 9.88. The fraction of sp³-hybridized carbons (Fsp3) is 0.812. The predicted molar refractivity (Wildman–Crippen MR) is 82.4 cm³/mol. The first-order valence-corrected chi connectivity index (χ1v) is 7.72. The summed E-state index contributed by atoms with van der Waals surface area (Å²) in [5.41, 5.74) is 3.87. The van der Waals surface area contributed by atoms with Gasteiger partial charge in [-0.15, -0.1) is 0 Å². The van der Waals surface area contributed by atoms with Crippen molar-refractivity contribution >= 4 is 0 Å². The minimum Gasteiger partial charge on any atom is -0.313 e. The van der Waals surface area contributed by atoms with Gasteiger partial charge in [0.1, 0.15) is 0 Å². The third-order valence-electron chi connectivity index (χ3n) is 4.37. The number of hydrogen-bond donors (Lipinski definition) is 1. The molecule has 110 valence electrons. The predicted octanol–water partition coefficient (Wildman–Crippen LogP) is 3.90. The molecule has 1 rings (SSSR count). The quantitative estimate of drug-likeness (QED) is 0.772. The van der Waals surface area contributed by atoms with Gasteiger partial charge in [0.2, 0.25) is 0 Å². The largest absolute Gasteiger partial charge is 0.313 e. The fourth-order valence-corrected chi connectivity index (χ4v) is 2.99. The molecule has 1 heterocycles. The van der Waals surface area contributed by atoms with E-state index in [1.807, 2.05) is 11.7 Å². The maximum Gasteiger partial charge on any atom is 0.0644 e. The molecule has 0 aliphatic rings. The Kier molecular flexibility index (Phi) is 6.56. The van der Waals surface area contributed by atoms with Crippen LogP contribution in [0.25, 0.3) is 0 Å². The first-order valence-electron chi connectivity index (χ1n) is 7.72. The number of nitrogens with zero attached hydrogens (tertiary/aromatic N) is 2. The molecule has 0 fully saturated rings. The van der Waals surface area contributed by atoms with Crippen LogP contribution in [0.1, 0.15) is 68.9 Å². The maximum atomic E-state index is 4.55. The molecular weight excluding hydrogens is 234 g/mol. The summed E-state index contributed by atoms with van der Waals surface area (Å²) < 4.78 is 2.00. The van der Waals surface area contributed by atoms with Gasteiger partial charge in [-0.05, 0) is 33.2 Å². The van der Waals surface area contributed by atoms with Gasteiger partial charge in [-0.2, -0.15) is 5.10 Å². The molecule has 2 unspecified atom stereocenters. The van der Waals surface area contributed by atoms with Gasteiger partial charge in [-0.25, -0.2) is 0 Å². The van der Waals surface area contributed by atoms with Gasteiger partial charge in [-0.1, -0.05) is 39.5 Å². The molecule has 1 aromatic heterocycles. The average molecular weight is 265 g/mol. The summed E-state index contributed by atoms with van der Waals surface area (Å²) in [4.78, 5) is 0. The number of nitrogens with one attached hydrogen (secondary N) is 1.